The quantitative estimate of drug-likeness (QED) is 0.762. The van der Waals surface area contributed by atoms with Crippen LogP contribution < -0.4 is 4.90 Å². The first-order valence-electron chi connectivity index (χ1n) is 5.55. The first kappa shape index (κ1) is 14.4. The second-order valence-corrected chi connectivity index (χ2v) is 6.36. The summed E-state index contributed by atoms with van der Waals surface area (Å²) in [5.41, 5.74) is 0.670. The fourth-order valence-electron chi connectivity index (χ4n) is 1.51. The van der Waals surface area contributed by atoms with Gasteiger partial charge in [0.05, 0.1) is 5.75 Å². The molecule has 0 saturated carbocycles. The summed E-state index contributed by atoms with van der Waals surface area (Å²) in [5.74, 6) is -0.634. The number of hydrogen-bond donors (Lipinski definition) is 0. The van der Waals surface area contributed by atoms with Crippen LogP contribution >= 0.6 is 0 Å². The maximum absolute atomic E-state index is 12.1. The maximum atomic E-state index is 12.1. The van der Waals surface area contributed by atoms with Gasteiger partial charge in [-0.15, -0.1) is 6.58 Å². The molecule has 1 rings (SSSR count). The third-order valence-electron chi connectivity index (χ3n) is 2.71. The van der Waals surface area contributed by atoms with Gasteiger partial charge < -0.3 is 4.90 Å². The van der Waals surface area contributed by atoms with Gasteiger partial charge in [0.15, 0.2) is 9.84 Å². The Labute approximate surface area is 108 Å². The van der Waals surface area contributed by atoms with E-state index in [0.717, 1.165) is 0 Å². The smallest absolute Gasteiger partial charge is 0.244 e. The van der Waals surface area contributed by atoms with E-state index in [0.29, 0.717) is 5.69 Å². The number of benzene rings is 1. The highest BCUT2D eigenvalue weighted by molar-refractivity contribution is 7.92. The molecule has 4 nitrogen and oxygen atoms in total. The molecule has 1 aromatic carbocycles. The highest BCUT2D eigenvalue weighted by atomic mass is 32.2. The molecule has 0 bridgehead atoms. The van der Waals surface area contributed by atoms with Crippen molar-refractivity contribution >= 4 is 21.4 Å². The van der Waals surface area contributed by atoms with Crippen LogP contribution in [0.3, 0.4) is 0 Å². The molecular weight excluding hydrogens is 250 g/mol. The van der Waals surface area contributed by atoms with Crippen molar-refractivity contribution in [1.82, 2.24) is 0 Å². The Morgan fingerprint density at radius 3 is 2.44 bits per heavy atom. The zero-order valence-corrected chi connectivity index (χ0v) is 11.4. The second-order valence-electron chi connectivity index (χ2n) is 3.99. The maximum Gasteiger partial charge on any atom is 0.244 e. The second kappa shape index (κ2) is 5.82. The first-order valence-corrected chi connectivity index (χ1v) is 7.26. The number of anilines is 1. The van der Waals surface area contributed by atoms with Crippen molar-refractivity contribution < 1.29 is 13.2 Å². The van der Waals surface area contributed by atoms with Gasteiger partial charge >= 0.3 is 0 Å². The number of carbonyl (C=O) groups is 1. The van der Waals surface area contributed by atoms with Crippen LogP contribution in [-0.2, 0) is 14.6 Å². The lowest BCUT2D eigenvalue weighted by Gasteiger charge is -2.21. The average molecular weight is 267 g/mol. The number of rotatable bonds is 5. The molecule has 1 unspecified atom stereocenters. The molecule has 0 aromatic heterocycles. The minimum atomic E-state index is -3.47. The van der Waals surface area contributed by atoms with Gasteiger partial charge in [-0.3, -0.25) is 4.79 Å². The third kappa shape index (κ3) is 3.20. The van der Waals surface area contributed by atoms with Gasteiger partial charge in [0.1, 0.15) is 5.25 Å². The Morgan fingerprint density at radius 2 is 1.94 bits per heavy atom. The number of para-hydroxylation sites is 1. The zero-order valence-electron chi connectivity index (χ0n) is 10.5. The third-order valence-corrected chi connectivity index (χ3v) is 4.69. The number of sulfone groups is 1. The molecule has 0 heterocycles. The van der Waals surface area contributed by atoms with E-state index in [2.05, 4.69) is 6.58 Å². The lowest BCUT2D eigenvalue weighted by molar-refractivity contribution is -0.117. The Bertz CT molecular complexity index is 522. The number of carbonyl (C=O) groups excluding carboxylic acids is 1. The predicted octanol–water partition coefficient (Wildman–Crippen LogP) is 1.64. The Balaban J connectivity index is 2.92. The van der Waals surface area contributed by atoms with E-state index < -0.39 is 21.0 Å². The number of nitrogens with zero attached hydrogens (tertiary/aromatic N) is 1. The molecule has 0 spiro atoms. The van der Waals surface area contributed by atoms with Crippen LogP contribution in [0.15, 0.2) is 43.0 Å². The van der Waals surface area contributed by atoms with E-state index in [9.17, 15) is 13.2 Å². The average Bonchev–Trinajstić information content (AvgIpc) is 2.37. The fraction of sp³-hybridized carbons (Fsp3) is 0.308. The Morgan fingerprint density at radius 1 is 1.39 bits per heavy atom. The van der Waals surface area contributed by atoms with Crippen molar-refractivity contribution in [2.24, 2.45) is 0 Å². The lowest BCUT2D eigenvalue weighted by atomic mass is 10.3. The summed E-state index contributed by atoms with van der Waals surface area (Å²) < 4.78 is 23.6. The van der Waals surface area contributed by atoms with Crippen molar-refractivity contribution in [3.05, 3.63) is 43.0 Å². The number of hydrogen-bond acceptors (Lipinski definition) is 3. The van der Waals surface area contributed by atoms with Crippen LogP contribution in [0.25, 0.3) is 0 Å². The normalized spacial score (nSPS) is 12.8. The first-order chi connectivity index (χ1) is 8.40. The topological polar surface area (TPSA) is 54.5 Å². The predicted molar refractivity (Wildman–Crippen MR) is 73.3 cm³/mol. The summed E-state index contributed by atoms with van der Waals surface area (Å²) in [4.78, 5) is 13.4. The summed E-state index contributed by atoms with van der Waals surface area (Å²) >= 11 is 0. The van der Waals surface area contributed by atoms with E-state index >= 15 is 0 Å². The molecule has 98 valence electrons. The molecule has 1 amide bonds. The van der Waals surface area contributed by atoms with E-state index in [1.54, 1.807) is 31.3 Å². The molecule has 1 aromatic rings. The molecule has 1 atom stereocenters. The summed E-state index contributed by atoms with van der Waals surface area (Å²) in [6.07, 6.45) is 1.29. The van der Waals surface area contributed by atoms with Crippen LogP contribution in [0, 0.1) is 0 Å². The Hall–Kier alpha value is -1.62. The standard InChI is InChI=1S/C13H17NO3S/c1-4-10-18(16,17)11(2)13(15)14(3)12-8-6-5-7-9-12/h4-9,11H,1,10H2,2-3H3. The molecule has 0 aliphatic carbocycles. The van der Waals surface area contributed by atoms with Gasteiger partial charge in [0.25, 0.3) is 0 Å². The molecule has 0 aliphatic rings. The molecule has 0 aliphatic heterocycles. The van der Waals surface area contributed by atoms with Crippen molar-refractivity contribution in [2.45, 2.75) is 12.2 Å². The molecule has 0 radical (unpaired) electrons. The SMILES string of the molecule is C=CCS(=O)(=O)C(C)C(=O)N(C)c1ccccc1. The Kier molecular flexibility index (Phi) is 4.67. The zero-order chi connectivity index (χ0) is 13.8. The lowest BCUT2D eigenvalue weighted by Crippen LogP contribution is -2.40. The molecule has 18 heavy (non-hydrogen) atoms. The fourth-order valence-corrected chi connectivity index (χ4v) is 2.60. The molecule has 0 fully saturated rings. The summed E-state index contributed by atoms with van der Waals surface area (Å²) in [6.45, 7) is 4.79. The molecule has 5 heteroatoms. The van der Waals surface area contributed by atoms with E-state index in [4.69, 9.17) is 0 Å². The van der Waals surface area contributed by atoms with Crippen molar-refractivity contribution in [1.29, 1.82) is 0 Å². The highest BCUT2D eigenvalue weighted by Gasteiger charge is 2.29. The summed E-state index contributed by atoms with van der Waals surface area (Å²) in [6, 6.07) is 8.93. The largest absolute Gasteiger partial charge is 0.314 e. The van der Waals surface area contributed by atoms with E-state index in [-0.39, 0.29) is 5.75 Å². The molecular formula is C13H17NO3S. The summed E-state index contributed by atoms with van der Waals surface area (Å²) in [7, 11) is -1.90. The van der Waals surface area contributed by atoms with Gasteiger partial charge in [0, 0.05) is 12.7 Å². The highest BCUT2D eigenvalue weighted by Crippen LogP contribution is 2.15. The van der Waals surface area contributed by atoms with Gasteiger partial charge in [-0.25, -0.2) is 8.42 Å². The van der Waals surface area contributed by atoms with Crippen LogP contribution in [0.5, 0.6) is 0 Å². The van der Waals surface area contributed by atoms with Crippen molar-refractivity contribution in [2.75, 3.05) is 17.7 Å². The van der Waals surface area contributed by atoms with Crippen LogP contribution in [0.4, 0.5) is 5.69 Å². The van der Waals surface area contributed by atoms with Crippen LogP contribution in [0.2, 0.25) is 0 Å². The van der Waals surface area contributed by atoms with E-state index in [1.165, 1.54) is 17.9 Å². The van der Waals surface area contributed by atoms with Gasteiger partial charge in [0.2, 0.25) is 5.91 Å². The van der Waals surface area contributed by atoms with Crippen LogP contribution in [-0.4, -0.2) is 32.4 Å². The molecule has 0 N–H and O–H groups in total. The van der Waals surface area contributed by atoms with Crippen molar-refractivity contribution in [3.63, 3.8) is 0 Å². The number of amides is 1. The summed E-state index contributed by atoms with van der Waals surface area (Å²) in [5, 5.41) is -1.07. The van der Waals surface area contributed by atoms with Gasteiger partial charge in [-0.05, 0) is 19.1 Å². The van der Waals surface area contributed by atoms with Gasteiger partial charge in [-0.1, -0.05) is 24.3 Å². The monoisotopic (exact) mass is 267 g/mol. The molecule has 0 saturated heterocycles. The van der Waals surface area contributed by atoms with E-state index in [1.807, 2.05) is 6.07 Å². The minimum absolute atomic E-state index is 0.192. The van der Waals surface area contributed by atoms with Crippen molar-refractivity contribution in [3.8, 4) is 0 Å². The van der Waals surface area contributed by atoms with Crippen LogP contribution in [0.1, 0.15) is 6.92 Å². The minimum Gasteiger partial charge on any atom is -0.314 e. The van der Waals surface area contributed by atoms with Gasteiger partial charge in [-0.2, -0.15) is 0 Å².